The highest BCUT2D eigenvalue weighted by Crippen LogP contribution is 2.82. The van der Waals surface area contributed by atoms with E-state index in [4.69, 9.17) is 0 Å². The van der Waals surface area contributed by atoms with Crippen LogP contribution in [0.1, 0.15) is 122 Å². The highest BCUT2D eigenvalue weighted by molar-refractivity contribution is 6.47. The molecule has 2 spiro atoms. The van der Waals surface area contributed by atoms with Crippen molar-refractivity contribution in [2.45, 2.75) is 101 Å². The lowest BCUT2D eigenvalue weighted by Gasteiger charge is -2.54. The Hall–Kier alpha value is -5.24. The number of hydrogen-bond donors (Lipinski definition) is 0. The standard InChI is InChI=1S/C61H49N/c1-3-4-5-6-7-8-9-10-11-12-15-29-16-13-14-17-30(29)59-61-40-27-26-39-37-24-22-35-33-20-18-31-32-19-21-34-36-23-25-38(40)48-46(36)51-44(34)42(32)49-41(31)43(33)50-45(35)47(37)57(60(39,61)28-62(59)2)55-53(50)52(49)54(51)56(55)58(48)61/h13-14,16-27,31,41,43,45,59H,3-12,15,28H2,1-2H3. The number of aryl methyl sites for hydroxylation is 1. The fraction of sp³-hybridized carbons (Fsp3) is 0.344. The summed E-state index contributed by atoms with van der Waals surface area (Å²) in [5, 5.41) is 19.4. The molecule has 18 rings (SSSR count). The van der Waals surface area contributed by atoms with Gasteiger partial charge in [-0.1, -0.05) is 150 Å². The molecule has 1 nitrogen and oxygen atoms in total. The third-order valence-corrected chi connectivity index (χ3v) is 20.0. The highest BCUT2D eigenvalue weighted by Gasteiger charge is 2.76. The van der Waals surface area contributed by atoms with Gasteiger partial charge in [0, 0.05) is 36.3 Å². The zero-order valence-electron chi connectivity index (χ0n) is 35.9. The predicted molar refractivity (Wildman–Crippen MR) is 256 cm³/mol. The van der Waals surface area contributed by atoms with Crippen LogP contribution in [0.15, 0.2) is 113 Å². The van der Waals surface area contributed by atoms with Gasteiger partial charge in [-0.3, -0.25) is 4.90 Å². The Kier molecular flexibility index (Phi) is 5.28. The van der Waals surface area contributed by atoms with Crippen LogP contribution in [0, 0.1) is 17.3 Å². The van der Waals surface area contributed by atoms with Gasteiger partial charge in [0.15, 0.2) is 0 Å². The average molecular weight is 796 g/mol. The molecule has 62 heavy (non-hydrogen) atoms. The highest BCUT2D eigenvalue weighted by atomic mass is 15.2. The molecule has 1 heterocycles. The second kappa shape index (κ2) is 10.1. The molecule has 0 amide bonds. The van der Waals surface area contributed by atoms with Crippen LogP contribution in [0.2, 0.25) is 0 Å². The molecular weight excluding hydrogens is 747 g/mol. The lowest BCUT2D eigenvalue weighted by Crippen LogP contribution is -2.51. The van der Waals surface area contributed by atoms with Crippen LogP contribution in [0.5, 0.6) is 0 Å². The van der Waals surface area contributed by atoms with Crippen molar-refractivity contribution in [2.24, 2.45) is 17.3 Å². The third kappa shape index (κ3) is 2.87. The van der Waals surface area contributed by atoms with Crippen LogP contribution >= 0.6 is 0 Å². The topological polar surface area (TPSA) is 3.24 Å². The minimum Gasteiger partial charge on any atom is -0.297 e. The molecule has 0 saturated carbocycles. The van der Waals surface area contributed by atoms with Crippen LogP contribution in [0.25, 0.3) is 70.6 Å². The van der Waals surface area contributed by atoms with Crippen molar-refractivity contribution in [3.05, 3.63) is 157 Å². The van der Waals surface area contributed by atoms with Crippen molar-refractivity contribution >= 4 is 70.6 Å². The van der Waals surface area contributed by atoms with Crippen LogP contribution in [0.3, 0.4) is 0 Å². The van der Waals surface area contributed by atoms with Crippen LogP contribution in [0.4, 0.5) is 0 Å². The Labute approximate surface area is 362 Å². The molecule has 7 atom stereocenters. The Balaban J connectivity index is 0.945. The van der Waals surface area contributed by atoms with Crippen molar-refractivity contribution in [2.75, 3.05) is 13.6 Å². The van der Waals surface area contributed by atoms with Crippen molar-refractivity contribution in [1.29, 1.82) is 0 Å². The molecule has 0 aromatic heterocycles. The molecule has 7 aromatic carbocycles. The molecule has 10 aliphatic carbocycles. The van der Waals surface area contributed by atoms with Crippen LogP contribution < -0.4 is 10.4 Å². The molecule has 7 aromatic rings. The molecule has 1 heteroatoms. The first-order chi connectivity index (χ1) is 30.7. The average Bonchev–Trinajstić information content (AvgIpc) is 4.14. The smallest absolute Gasteiger partial charge is 0.0568 e. The molecule has 298 valence electrons. The number of likely N-dealkylation sites (N-methyl/N-ethyl adjacent to an activating group) is 1. The summed E-state index contributed by atoms with van der Waals surface area (Å²) >= 11 is 0. The summed E-state index contributed by atoms with van der Waals surface area (Å²) in [5.41, 5.74) is 23.1. The van der Waals surface area contributed by atoms with E-state index >= 15 is 0 Å². The van der Waals surface area contributed by atoms with Crippen LogP contribution in [-0.2, 0) is 11.8 Å². The third-order valence-electron chi connectivity index (χ3n) is 20.0. The Morgan fingerprint density at radius 1 is 0.661 bits per heavy atom. The molecule has 1 fully saturated rings. The minimum absolute atomic E-state index is 0.137. The van der Waals surface area contributed by atoms with Crippen molar-refractivity contribution < 1.29 is 0 Å². The largest absolute Gasteiger partial charge is 0.297 e. The van der Waals surface area contributed by atoms with Crippen molar-refractivity contribution in [1.82, 2.24) is 4.90 Å². The van der Waals surface area contributed by atoms with Gasteiger partial charge in [0.05, 0.1) is 10.8 Å². The van der Waals surface area contributed by atoms with E-state index in [0.717, 1.165) is 6.54 Å². The fourth-order valence-electron chi connectivity index (χ4n) is 18.6. The minimum atomic E-state index is -0.203. The first-order valence-corrected chi connectivity index (χ1v) is 24.9. The zero-order valence-corrected chi connectivity index (χ0v) is 35.9. The molecular formula is C61H49N. The summed E-state index contributed by atoms with van der Waals surface area (Å²) in [5.74, 6) is 1.86. The molecule has 1 saturated heterocycles. The van der Waals surface area contributed by atoms with E-state index in [1.165, 1.54) is 86.6 Å². The quantitative estimate of drug-likeness (QED) is 0.0879. The Morgan fingerprint density at radius 3 is 2.31 bits per heavy atom. The monoisotopic (exact) mass is 795 g/mol. The maximum atomic E-state index is 2.89. The van der Waals surface area contributed by atoms with Crippen molar-refractivity contribution in [3.8, 4) is 0 Å². The van der Waals surface area contributed by atoms with Gasteiger partial charge < -0.3 is 0 Å². The predicted octanol–water partition coefficient (Wildman–Crippen LogP) is 13.0. The van der Waals surface area contributed by atoms with Gasteiger partial charge in [-0.05, 0) is 162 Å². The Bertz CT molecular complexity index is 3760. The fourth-order valence-corrected chi connectivity index (χ4v) is 18.6. The van der Waals surface area contributed by atoms with E-state index in [-0.39, 0.29) is 16.9 Å². The second-order valence-corrected chi connectivity index (χ2v) is 21.9. The number of benzene rings is 5. The maximum Gasteiger partial charge on any atom is 0.0568 e. The van der Waals surface area contributed by atoms with Gasteiger partial charge >= 0.3 is 0 Å². The lowest BCUT2D eigenvalue weighted by atomic mass is 9.46. The number of allylic oxidation sites excluding steroid dienone is 10. The second-order valence-electron chi connectivity index (χ2n) is 21.9. The molecule has 0 bridgehead atoms. The van der Waals surface area contributed by atoms with E-state index in [2.05, 4.69) is 104 Å². The molecule has 1 aliphatic heterocycles. The molecule has 11 aliphatic rings. The van der Waals surface area contributed by atoms with Gasteiger partial charge in [0.1, 0.15) is 0 Å². The van der Waals surface area contributed by atoms with E-state index < -0.39 is 0 Å². The van der Waals surface area contributed by atoms with Gasteiger partial charge in [-0.25, -0.2) is 0 Å². The summed E-state index contributed by atoms with van der Waals surface area (Å²) in [6.45, 7) is 3.39. The van der Waals surface area contributed by atoms with E-state index in [9.17, 15) is 0 Å². The molecule has 7 unspecified atom stereocenters. The molecule has 0 N–H and O–H groups in total. The number of nitrogens with zero attached hydrogens (tertiary/aromatic N) is 1. The van der Waals surface area contributed by atoms with Gasteiger partial charge in [-0.2, -0.15) is 0 Å². The maximum absolute atomic E-state index is 2.89. The first-order valence-electron chi connectivity index (χ1n) is 24.9. The van der Waals surface area contributed by atoms with E-state index in [1.54, 1.807) is 126 Å². The number of fused-ring (bicyclic) bond motifs is 2. The lowest BCUT2D eigenvalue weighted by molar-refractivity contribution is 0.277. The number of unbranched alkanes of at least 4 members (excludes halogenated alkanes) is 9. The van der Waals surface area contributed by atoms with Crippen LogP contribution in [-0.4, -0.2) is 18.5 Å². The first kappa shape index (κ1) is 32.4. The number of likely N-dealkylation sites (tertiary alicyclic amines) is 1. The summed E-state index contributed by atoms with van der Waals surface area (Å²) in [7, 11) is 2.53. The SMILES string of the molecule is CCCCCCCCCCCCc1ccccc1C1N(C)CC23C4=C5C=CC6=C7C=CC8c9ccc%10c%11ccc%12c%13c(c%14c%15c%16c%17c(c9c%10c(c%14%17)c%13%11)C8C7C=%16C6C5=C%152)C13C=%12C=C4. The normalized spacial score (nSPS) is 30.8. The Morgan fingerprint density at radius 2 is 1.44 bits per heavy atom. The number of hydrogen-bond acceptors (Lipinski definition) is 1. The molecule has 0 radical (unpaired) electrons. The van der Waals surface area contributed by atoms with Gasteiger partial charge in [0.25, 0.3) is 0 Å². The van der Waals surface area contributed by atoms with Gasteiger partial charge in [-0.15, -0.1) is 0 Å². The van der Waals surface area contributed by atoms with E-state index in [1.807, 2.05) is 0 Å². The summed E-state index contributed by atoms with van der Waals surface area (Å²) in [4.78, 5) is 2.89. The summed E-state index contributed by atoms with van der Waals surface area (Å²) < 4.78 is 0. The summed E-state index contributed by atoms with van der Waals surface area (Å²) in [6, 6.07) is 20.4. The van der Waals surface area contributed by atoms with Gasteiger partial charge in [0.2, 0.25) is 0 Å². The zero-order chi connectivity index (χ0) is 39.9. The summed E-state index contributed by atoms with van der Waals surface area (Å²) in [6.07, 6.45) is 30.9. The number of rotatable bonds is 12. The van der Waals surface area contributed by atoms with Crippen molar-refractivity contribution in [3.63, 3.8) is 0 Å². The van der Waals surface area contributed by atoms with E-state index in [0.29, 0.717) is 23.7 Å².